The van der Waals surface area contributed by atoms with Crippen molar-refractivity contribution < 1.29 is 27.1 Å². The topological polar surface area (TPSA) is 29.5 Å². The second-order valence-electron chi connectivity index (χ2n) is 5.45. The van der Waals surface area contributed by atoms with Crippen molar-refractivity contribution in [1.29, 1.82) is 0 Å². The van der Waals surface area contributed by atoms with Crippen LogP contribution < -0.4 is 9.64 Å². The van der Waals surface area contributed by atoms with Crippen LogP contribution in [-0.4, -0.2) is 20.1 Å². The predicted octanol–water partition coefficient (Wildman–Crippen LogP) is 3.90. The number of methoxy groups -OCH3 is 1. The number of benzene rings is 2. The number of anilines is 1. The average molecular weight is 339 g/mol. The summed E-state index contributed by atoms with van der Waals surface area (Å²) in [6, 6.07) is 8.32. The maximum Gasteiger partial charge on any atom is 0.416 e. The van der Waals surface area contributed by atoms with Crippen LogP contribution in [-0.2, 0) is 16.6 Å². The van der Waals surface area contributed by atoms with Gasteiger partial charge in [0.15, 0.2) is 0 Å². The Hall–Kier alpha value is -2.57. The Kier molecular flexibility index (Phi) is 3.55. The average Bonchev–Trinajstić information content (AvgIpc) is 2.76. The van der Waals surface area contributed by atoms with E-state index in [4.69, 9.17) is 4.74 Å². The van der Waals surface area contributed by atoms with Gasteiger partial charge in [-0.25, -0.2) is 4.39 Å². The number of hydrogen-bond acceptors (Lipinski definition) is 2. The third-order valence-corrected chi connectivity index (χ3v) is 4.14. The molecule has 0 N–H and O–H groups in total. The molecular weight excluding hydrogens is 326 g/mol. The van der Waals surface area contributed by atoms with Gasteiger partial charge in [-0.2, -0.15) is 13.2 Å². The Bertz CT molecular complexity index is 818. The van der Waals surface area contributed by atoms with Crippen molar-refractivity contribution in [2.75, 3.05) is 19.1 Å². The first-order valence-electron chi connectivity index (χ1n) is 7.03. The Labute approximate surface area is 135 Å². The van der Waals surface area contributed by atoms with Crippen molar-refractivity contribution in [3.8, 4) is 5.75 Å². The quantitative estimate of drug-likeness (QED) is 0.777. The molecule has 0 aliphatic carbocycles. The number of likely N-dealkylation sites (N-methyl/N-ethyl adjacent to an activating group) is 1. The second-order valence-corrected chi connectivity index (χ2v) is 5.45. The molecule has 7 heteroatoms. The zero-order valence-electron chi connectivity index (χ0n) is 12.8. The maximum absolute atomic E-state index is 15.8. The molecule has 126 valence electrons. The molecule has 1 aliphatic rings. The summed E-state index contributed by atoms with van der Waals surface area (Å²) in [5.74, 6) is -0.691. The summed E-state index contributed by atoms with van der Waals surface area (Å²) in [6.07, 6.45) is -4.77. The van der Waals surface area contributed by atoms with E-state index in [-0.39, 0.29) is 11.3 Å². The smallest absolute Gasteiger partial charge is 0.416 e. The normalized spacial score (nSPS) is 20.2. The molecule has 2 aromatic carbocycles. The van der Waals surface area contributed by atoms with Gasteiger partial charge in [0.1, 0.15) is 5.75 Å². The first-order valence-corrected chi connectivity index (χ1v) is 7.03. The van der Waals surface area contributed by atoms with Gasteiger partial charge in [0.25, 0.3) is 5.91 Å². The van der Waals surface area contributed by atoms with Gasteiger partial charge in [-0.05, 0) is 18.2 Å². The maximum atomic E-state index is 15.8. The molecule has 0 fully saturated rings. The summed E-state index contributed by atoms with van der Waals surface area (Å²) < 4.78 is 60.6. The Balaban J connectivity index is 2.29. The van der Waals surface area contributed by atoms with Crippen LogP contribution in [0.15, 0.2) is 42.5 Å². The van der Waals surface area contributed by atoms with Crippen molar-refractivity contribution in [3.63, 3.8) is 0 Å². The Morgan fingerprint density at radius 3 is 2.38 bits per heavy atom. The van der Waals surface area contributed by atoms with E-state index in [1.807, 2.05) is 0 Å². The molecule has 0 saturated carbocycles. The van der Waals surface area contributed by atoms with E-state index in [1.54, 1.807) is 0 Å². The van der Waals surface area contributed by atoms with E-state index in [1.165, 1.54) is 38.4 Å². The lowest BCUT2D eigenvalue weighted by atomic mass is 9.86. The van der Waals surface area contributed by atoms with Crippen molar-refractivity contribution in [2.24, 2.45) is 0 Å². The zero-order valence-corrected chi connectivity index (χ0v) is 12.8. The molecule has 2 aromatic rings. The lowest BCUT2D eigenvalue weighted by molar-refractivity contribution is -0.140. The third-order valence-electron chi connectivity index (χ3n) is 4.14. The van der Waals surface area contributed by atoms with E-state index >= 15 is 4.39 Å². The standard InChI is InChI=1S/C17H13F4NO2/c1-22-14-9-10(24-2)7-8-13(14)16(18,15(22)23)11-5-3-4-6-12(11)17(19,20)21/h3-9H,1-2H3. The molecule has 3 nitrogen and oxygen atoms in total. The molecule has 0 saturated heterocycles. The van der Waals surface area contributed by atoms with Crippen molar-refractivity contribution in [2.45, 2.75) is 11.8 Å². The van der Waals surface area contributed by atoms with Crippen LogP contribution in [0.1, 0.15) is 16.7 Å². The fraction of sp³-hybridized carbons (Fsp3) is 0.235. The van der Waals surface area contributed by atoms with E-state index < -0.39 is 28.9 Å². The molecule has 3 rings (SSSR count). The minimum atomic E-state index is -4.77. The van der Waals surface area contributed by atoms with Gasteiger partial charge < -0.3 is 9.64 Å². The monoisotopic (exact) mass is 339 g/mol. The number of carbonyl (C=O) groups excluding carboxylic acids is 1. The van der Waals surface area contributed by atoms with Crippen LogP contribution in [0.25, 0.3) is 0 Å². The van der Waals surface area contributed by atoms with Crippen molar-refractivity contribution in [3.05, 3.63) is 59.2 Å². The van der Waals surface area contributed by atoms with E-state index in [0.717, 1.165) is 23.1 Å². The second kappa shape index (κ2) is 5.22. The number of ether oxygens (including phenoxy) is 1. The molecule has 1 amide bonds. The lowest BCUT2D eigenvalue weighted by Gasteiger charge is -2.23. The van der Waals surface area contributed by atoms with Crippen LogP contribution in [0.3, 0.4) is 0 Å². The predicted molar refractivity (Wildman–Crippen MR) is 79.7 cm³/mol. The zero-order chi connectivity index (χ0) is 17.7. The van der Waals surface area contributed by atoms with Gasteiger partial charge >= 0.3 is 6.18 Å². The third kappa shape index (κ3) is 2.15. The fourth-order valence-corrected chi connectivity index (χ4v) is 2.95. The van der Waals surface area contributed by atoms with Crippen LogP contribution in [0, 0.1) is 0 Å². The van der Waals surface area contributed by atoms with Crippen LogP contribution in [0.5, 0.6) is 5.75 Å². The van der Waals surface area contributed by atoms with Gasteiger partial charge in [0, 0.05) is 24.2 Å². The fourth-order valence-electron chi connectivity index (χ4n) is 2.95. The SMILES string of the molecule is COc1ccc2c(c1)N(C)C(=O)C2(F)c1ccccc1C(F)(F)F. The lowest BCUT2D eigenvalue weighted by Crippen LogP contribution is -2.37. The summed E-state index contributed by atoms with van der Waals surface area (Å²) in [6.45, 7) is 0. The summed E-state index contributed by atoms with van der Waals surface area (Å²) in [5.41, 5.74) is -4.73. The molecule has 0 spiro atoms. The van der Waals surface area contributed by atoms with Crippen LogP contribution in [0.4, 0.5) is 23.2 Å². The van der Waals surface area contributed by atoms with Crippen molar-refractivity contribution in [1.82, 2.24) is 0 Å². The van der Waals surface area contributed by atoms with Gasteiger partial charge in [0.2, 0.25) is 5.67 Å². The molecule has 24 heavy (non-hydrogen) atoms. The molecule has 1 heterocycles. The highest BCUT2D eigenvalue weighted by Gasteiger charge is 2.55. The number of fused-ring (bicyclic) bond motifs is 1. The highest BCUT2D eigenvalue weighted by Crippen LogP contribution is 2.50. The number of carbonyl (C=O) groups is 1. The van der Waals surface area contributed by atoms with E-state index in [9.17, 15) is 18.0 Å². The summed E-state index contributed by atoms with van der Waals surface area (Å²) >= 11 is 0. The van der Waals surface area contributed by atoms with Gasteiger partial charge in [0.05, 0.1) is 18.4 Å². The minimum Gasteiger partial charge on any atom is -0.497 e. The van der Waals surface area contributed by atoms with Crippen LogP contribution >= 0.6 is 0 Å². The number of amides is 1. The number of rotatable bonds is 2. The molecule has 0 radical (unpaired) electrons. The summed E-state index contributed by atoms with van der Waals surface area (Å²) in [7, 11) is 2.72. The number of hydrogen-bond donors (Lipinski definition) is 0. The molecule has 0 bridgehead atoms. The molecule has 1 aliphatic heterocycles. The first-order chi connectivity index (χ1) is 11.2. The van der Waals surface area contributed by atoms with E-state index in [2.05, 4.69) is 0 Å². The van der Waals surface area contributed by atoms with Crippen LogP contribution in [0.2, 0.25) is 0 Å². The van der Waals surface area contributed by atoms with Gasteiger partial charge in [-0.3, -0.25) is 4.79 Å². The largest absolute Gasteiger partial charge is 0.497 e. The highest BCUT2D eigenvalue weighted by atomic mass is 19.4. The van der Waals surface area contributed by atoms with Gasteiger partial charge in [-0.1, -0.05) is 18.2 Å². The molecule has 1 unspecified atom stereocenters. The number of nitrogens with zero attached hydrogens (tertiary/aromatic N) is 1. The number of halogens is 4. The Morgan fingerprint density at radius 2 is 1.75 bits per heavy atom. The summed E-state index contributed by atoms with van der Waals surface area (Å²) in [4.78, 5) is 13.5. The molecule has 1 atom stereocenters. The minimum absolute atomic E-state index is 0.132. The van der Waals surface area contributed by atoms with Gasteiger partial charge in [-0.15, -0.1) is 0 Å². The van der Waals surface area contributed by atoms with Crippen molar-refractivity contribution >= 4 is 11.6 Å². The Morgan fingerprint density at radius 1 is 1.08 bits per heavy atom. The first kappa shape index (κ1) is 16.3. The molecular formula is C17H13F4NO2. The molecule has 0 aromatic heterocycles. The van der Waals surface area contributed by atoms with E-state index in [0.29, 0.717) is 5.75 Å². The summed E-state index contributed by atoms with van der Waals surface area (Å²) in [5, 5.41) is 0. The highest BCUT2D eigenvalue weighted by molar-refractivity contribution is 6.09. The number of alkyl halides is 4.